The molecule has 2 aliphatic rings. The van der Waals surface area contributed by atoms with Crippen molar-refractivity contribution >= 4 is 6.03 Å². The molecule has 0 bridgehead atoms. The van der Waals surface area contributed by atoms with Gasteiger partial charge >= 0.3 is 6.03 Å². The Labute approximate surface area is 131 Å². The Morgan fingerprint density at radius 3 is 2.86 bits per heavy atom. The molecular weight excluding hydrogens is 280 g/mol. The molecule has 0 radical (unpaired) electrons. The molecule has 1 aromatic heterocycles. The zero-order valence-electron chi connectivity index (χ0n) is 13.5. The van der Waals surface area contributed by atoms with Crippen LogP contribution in [-0.2, 0) is 4.74 Å². The van der Waals surface area contributed by atoms with Gasteiger partial charge < -0.3 is 15.0 Å². The largest absolute Gasteiger partial charge is 0.379 e. The van der Waals surface area contributed by atoms with Crippen molar-refractivity contribution in [3.8, 4) is 0 Å². The molecule has 0 spiro atoms. The molecule has 1 aromatic rings. The lowest BCUT2D eigenvalue weighted by molar-refractivity contribution is 0.164. The maximum Gasteiger partial charge on any atom is 0.318 e. The molecule has 2 atom stereocenters. The van der Waals surface area contributed by atoms with Crippen LogP contribution in [0.25, 0.3) is 0 Å². The molecule has 122 valence electrons. The number of hydrogen-bond acceptors (Lipinski definition) is 3. The van der Waals surface area contributed by atoms with Crippen LogP contribution in [0.15, 0.2) is 0 Å². The van der Waals surface area contributed by atoms with Gasteiger partial charge in [-0.1, -0.05) is 12.8 Å². The van der Waals surface area contributed by atoms with Crippen molar-refractivity contribution in [1.29, 1.82) is 0 Å². The predicted molar refractivity (Wildman–Crippen MR) is 83.7 cm³/mol. The van der Waals surface area contributed by atoms with E-state index in [4.69, 9.17) is 4.74 Å². The Morgan fingerprint density at radius 1 is 1.32 bits per heavy atom. The molecule has 2 amide bonds. The molecule has 3 heterocycles. The molecule has 3 rings (SSSR count). The van der Waals surface area contributed by atoms with Crippen molar-refractivity contribution in [2.45, 2.75) is 58.0 Å². The number of rotatable bonds is 2. The summed E-state index contributed by atoms with van der Waals surface area (Å²) in [5, 5.41) is 10.5. The number of aryl methyl sites for hydroxylation is 2. The number of aromatic amines is 1. The maximum atomic E-state index is 12.8. The number of carbonyl (C=O) groups is 1. The lowest BCUT2D eigenvalue weighted by Crippen LogP contribution is -2.46. The van der Waals surface area contributed by atoms with E-state index in [2.05, 4.69) is 15.5 Å². The van der Waals surface area contributed by atoms with Crippen molar-refractivity contribution in [3.63, 3.8) is 0 Å². The molecule has 22 heavy (non-hydrogen) atoms. The number of hydrogen-bond donors (Lipinski definition) is 2. The molecule has 2 saturated heterocycles. The Kier molecular flexibility index (Phi) is 4.66. The first-order valence-corrected chi connectivity index (χ1v) is 8.33. The van der Waals surface area contributed by atoms with Crippen LogP contribution < -0.4 is 5.32 Å². The van der Waals surface area contributed by atoms with E-state index in [-0.39, 0.29) is 18.1 Å². The van der Waals surface area contributed by atoms with Crippen molar-refractivity contribution < 1.29 is 9.53 Å². The number of aromatic nitrogens is 2. The fourth-order valence-electron chi connectivity index (χ4n) is 3.61. The first-order valence-electron chi connectivity index (χ1n) is 8.33. The number of carbonyl (C=O) groups excluding carboxylic acids is 1. The lowest BCUT2D eigenvalue weighted by atomic mass is 9.99. The van der Waals surface area contributed by atoms with Crippen LogP contribution in [0.2, 0.25) is 0 Å². The summed E-state index contributed by atoms with van der Waals surface area (Å²) in [6.45, 7) is 6.25. The minimum Gasteiger partial charge on any atom is -0.379 e. The highest BCUT2D eigenvalue weighted by Crippen LogP contribution is 2.33. The van der Waals surface area contributed by atoms with Crippen LogP contribution >= 0.6 is 0 Å². The van der Waals surface area contributed by atoms with Crippen LogP contribution in [0.3, 0.4) is 0 Å². The molecule has 6 heteroatoms. The Morgan fingerprint density at radius 2 is 2.18 bits per heavy atom. The highest BCUT2D eigenvalue weighted by Gasteiger charge is 2.31. The number of nitrogens with one attached hydrogen (secondary N) is 2. The van der Waals surface area contributed by atoms with Gasteiger partial charge in [0.2, 0.25) is 0 Å². The van der Waals surface area contributed by atoms with E-state index in [0.717, 1.165) is 50.2 Å². The van der Waals surface area contributed by atoms with E-state index in [0.29, 0.717) is 6.61 Å². The van der Waals surface area contributed by atoms with Crippen LogP contribution in [0.4, 0.5) is 4.79 Å². The SMILES string of the molecule is Cc1n[nH]c(C)c1[C@@H]1CCCCCN1C(=O)N[C@H]1CCOC1. The van der Waals surface area contributed by atoms with Gasteiger partial charge in [-0.05, 0) is 33.1 Å². The number of amides is 2. The van der Waals surface area contributed by atoms with Crippen molar-refractivity contribution in [2.75, 3.05) is 19.8 Å². The average Bonchev–Trinajstić information content (AvgIpc) is 3.03. The average molecular weight is 306 g/mol. The fourth-order valence-corrected chi connectivity index (χ4v) is 3.61. The number of likely N-dealkylation sites (tertiary alicyclic amines) is 1. The van der Waals surface area contributed by atoms with Crippen LogP contribution in [0.1, 0.15) is 55.1 Å². The van der Waals surface area contributed by atoms with E-state index >= 15 is 0 Å². The minimum atomic E-state index is 0.0439. The second kappa shape index (κ2) is 6.69. The van der Waals surface area contributed by atoms with Gasteiger partial charge in [0.05, 0.1) is 24.4 Å². The van der Waals surface area contributed by atoms with E-state index in [1.54, 1.807) is 0 Å². The number of ether oxygens (including phenoxy) is 1. The summed E-state index contributed by atoms with van der Waals surface area (Å²) in [5.74, 6) is 0. The van der Waals surface area contributed by atoms with Gasteiger partial charge in [0.15, 0.2) is 0 Å². The molecule has 2 aliphatic heterocycles. The van der Waals surface area contributed by atoms with Crippen LogP contribution in [0, 0.1) is 13.8 Å². The minimum absolute atomic E-state index is 0.0439. The highest BCUT2D eigenvalue weighted by molar-refractivity contribution is 5.75. The second-order valence-electron chi connectivity index (χ2n) is 6.42. The predicted octanol–water partition coefficient (Wildman–Crippen LogP) is 2.44. The number of H-pyrrole nitrogens is 1. The van der Waals surface area contributed by atoms with Gasteiger partial charge in [0.25, 0.3) is 0 Å². The van der Waals surface area contributed by atoms with Crippen molar-refractivity contribution in [1.82, 2.24) is 20.4 Å². The highest BCUT2D eigenvalue weighted by atomic mass is 16.5. The summed E-state index contributed by atoms with van der Waals surface area (Å²) in [7, 11) is 0. The summed E-state index contributed by atoms with van der Waals surface area (Å²) < 4.78 is 5.36. The molecular formula is C16H26N4O2. The third kappa shape index (κ3) is 3.11. The summed E-state index contributed by atoms with van der Waals surface area (Å²) >= 11 is 0. The van der Waals surface area contributed by atoms with E-state index in [1.165, 1.54) is 12.0 Å². The van der Waals surface area contributed by atoms with Gasteiger partial charge in [-0.3, -0.25) is 5.10 Å². The molecule has 0 unspecified atom stereocenters. The fraction of sp³-hybridized carbons (Fsp3) is 0.750. The summed E-state index contributed by atoms with van der Waals surface area (Å²) in [6.07, 6.45) is 5.33. The van der Waals surface area contributed by atoms with Crippen molar-refractivity contribution in [2.24, 2.45) is 0 Å². The molecule has 0 aromatic carbocycles. The topological polar surface area (TPSA) is 70.2 Å². The summed E-state index contributed by atoms with van der Waals surface area (Å²) in [5.41, 5.74) is 3.28. The Bertz CT molecular complexity index is 503. The Hall–Kier alpha value is -1.56. The summed E-state index contributed by atoms with van der Waals surface area (Å²) in [4.78, 5) is 14.8. The standard InChI is InChI=1S/C16H26N4O2/c1-11-15(12(2)19-18-11)14-6-4-3-5-8-20(14)16(21)17-13-7-9-22-10-13/h13-14H,3-10H2,1-2H3,(H,17,21)(H,18,19)/t13-,14-/m0/s1. The van der Waals surface area contributed by atoms with E-state index < -0.39 is 0 Å². The summed E-state index contributed by atoms with van der Waals surface area (Å²) in [6, 6.07) is 0.328. The third-order valence-corrected chi connectivity index (χ3v) is 4.79. The zero-order chi connectivity index (χ0) is 15.5. The van der Waals surface area contributed by atoms with Gasteiger partial charge in [0, 0.05) is 24.4 Å². The molecule has 2 N–H and O–H groups in total. The first-order chi connectivity index (χ1) is 10.7. The molecule has 0 aliphatic carbocycles. The number of nitrogens with zero attached hydrogens (tertiary/aromatic N) is 2. The Balaban J connectivity index is 1.79. The van der Waals surface area contributed by atoms with E-state index in [1.807, 2.05) is 18.7 Å². The van der Waals surface area contributed by atoms with Gasteiger partial charge in [-0.2, -0.15) is 5.10 Å². The van der Waals surface area contributed by atoms with Crippen LogP contribution in [0.5, 0.6) is 0 Å². The first kappa shape index (κ1) is 15.3. The quantitative estimate of drug-likeness (QED) is 0.881. The molecule has 6 nitrogen and oxygen atoms in total. The smallest absolute Gasteiger partial charge is 0.318 e. The zero-order valence-corrected chi connectivity index (χ0v) is 13.5. The lowest BCUT2D eigenvalue weighted by Gasteiger charge is -2.31. The molecule has 0 saturated carbocycles. The van der Waals surface area contributed by atoms with Gasteiger partial charge in [-0.15, -0.1) is 0 Å². The monoisotopic (exact) mass is 306 g/mol. The number of urea groups is 1. The van der Waals surface area contributed by atoms with Crippen LogP contribution in [-0.4, -0.2) is 46.9 Å². The normalized spacial score (nSPS) is 26.0. The van der Waals surface area contributed by atoms with Gasteiger partial charge in [0.1, 0.15) is 0 Å². The van der Waals surface area contributed by atoms with E-state index in [9.17, 15) is 4.79 Å². The van der Waals surface area contributed by atoms with Crippen molar-refractivity contribution in [3.05, 3.63) is 17.0 Å². The maximum absolute atomic E-state index is 12.8. The van der Waals surface area contributed by atoms with Gasteiger partial charge in [-0.25, -0.2) is 4.79 Å². The third-order valence-electron chi connectivity index (χ3n) is 4.79. The second-order valence-corrected chi connectivity index (χ2v) is 6.42. The molecule has 2 fully saturated rings.